The van der Waals surface area contributed by atoms with Crippen molar-refractivity contribution in [3.05, 3.63) is 60.4 Å². The van der Waals surface area contributed by atoms with Gasteiger partial charge in [0.05, 0.1) is 23.1 Å². The molecule has 0 bridgehead atoms. The summed E-state index contributed by atoms with van der Waals surface area (Å²) in [5.74, 6) is 0.987. The highest BCUT2D eigenvalue weighted by molar-refractivity contribution is 6.04. The normalized spacial score (nSPS) is 19.9. The Morgan fingerprint density at radius 1 is 1.06 bits per heavy atom. The number of aromatic nitrogens is 3. The molecular weight excluding hydrogens is 418 g/mol. The molecule has 5 rings (SSSR count). The monoisotopic (exact) mass is 445 g/mol. The Labute approximate surface area is 192 Å². The number of para-hydroxylation sites is 1. The molecular formula is C24H27N7O2. The molecule has 1 atom stereocenters. The van der Waals surface area contributed by atoms with Crippen molar-refractivity contribution in [2.24, 2.45) is 5.41 Å². The molecule has 9 nitrogen and oxygen atoms in total. The maximum Gasteiger partial charge on any atom is 0.258 e. The Balaban J connectivity index is 1.24. The summed E-state index contributed by atoms with van der Waals surface area (Å²) >= 11 is 0. The van der Waals surface area contributed by atoms with Gasteiger partial charge in [0, 0.05) is 44.7 Å². The van der Waals surface area contributed by atoms with Crippen molar-refractivity contribution in [2.45, 2.75) is 19.8 Å². The van der Waals surface area contributed by atoms with Crippen molar-refractivity contribution >= 4 is 29.1 Å². The molecule has 2 fully saturated rings. The number of nitrogen functional groups attached to an aromatic ring is 1. The van der Waals surface area contributed by atoms with Crippen LogP contribution in [0, 0.1) is 5.41 Å². The predicted molar refractivity (Wildman–Crippen MR) is 126 cm³/mol. The third-order valence-corrected chi connectivity index (χ3v) is 6.65. The van der Waals surface area contributed by atoms with E-state index >= 15 is 0 Å². The first-order chi connectivity index (χ1) is 15.9. The van der Waals surface area contributed by atoms with E-state index in [2.05, 4.69) is 20.3 Å². The molecule has 2 amide bonds. The number of anilines is 3. The van der Waals surface area contributed by atoms with Gasteiger partial charge in [-0.1, -0.05) is 18.2 Å². The molecule has 1 aromatic carbocycles. The Morgan fingerprint density at radius 2 is 1.85 bits per heavy atom. The molecule has 0 saturated carbocycles. The van der Waals surface area contributed by atoms with Gasteiger partial charge in [0.1, 0.15) is 5.82 Å². The smallest absolute Gasteiger partial charge is 0.258 e. The fraction of sp³-hybridized carbons (Fsp3) is 0.333. The van der Waals surface area contributed by atoms with Crippen LogP contribution in [0.4, 0.5) is 17.3 Å². The zero-order valence-electron chi connectivity index (χ0n) is 18.6. The van der Waals surface area contributed by atoms with Gasteiger partial charge in [-0.25, -0.2) is 9.67 Å². The number of hydrogen-bond acceptors (Lipinski definition) is 6. The quantitative estimate of drug-likeness (QED) is 0.639. The summed E-state index contributed by atoms with van der Waals surface area (Å²) < 4.78 is 1.63. The fourth-order valence-electron chi connectivity index (χ4n) is 4.75. The number of likely N-dealkylation sites (tertiary alicyclic amines) is 1. The SMILES string of the molecule is CC(=O)N1CCC2(CCN(c3ccc(C(=O)Nc4nn(-c5ccccc5)cc4N)cn3)C2)C1. The van der Waals surface area contributed by atoms with Crippen LogP contribution in [0.5, 0.6) is 0 Å². The van der Waals surface area contributed by atoms with E-state index in [4.69, 9.17) is 5.73 Å². The third kappa shape index (κ3) is 4.13. The Kier molecular flexibility index (Phi) is 5.24. The van der Waals surface area contributed by atoms with E-state index in [1.807, 2.05) is 41.3 Å². The van der Waals surface area contributed by atoms with E-state index in [0.717, 1.165) is 50.5 Å². The zero-order chi connectivity index (χ0) is 23.0. The summed E-state index contributed by atoms with van der Waals surface area (Å²) in [6.07, 6.45) is 5.33. The van der Waals surface area contributed by atoms with Crippen LogP contribution in [0.25, 0.3) is 5.69 Å². The van der Waals surface area contributed by atoms with Gasteiger partial charge >= 0.3 is 0 Å². The summed E-state index contributed by atoms with van der Waals surface area (Å²) in [7, 11) is 0. The number of amides is 2. The van der Waals surface area contributed by atoms with Gasteiger partial charge in [-0.15, -0.1) is 5.10 Å². The van der Waals surface area contributed by atoms with E-state index in [0.29, 0.717) is 17.1 Å². The van der Waals surface area contributed by atoms with Crippen LogP contribution in [0.2, 0.25) is 0 Å². The lowest BCUT2D eigenvalue weighted by Gasteiger charge is -2.24. The highest BCUT2D eigenvalue weighted by atomic mass is 16.2. The summed E-state index contributed by atoms with van der Waals surface area (Å²) in [6.45, 7) is 5.06. The molecule has 3 N–H and O–H groups in total. The van der Waals surface area contributed by atoms with Gasteiger partial charge in [0.2, 0.25) is 5.91 Å². The second-order valence-corrected chi connectivity index (χ2v) is 8.93. The van der Waals surface area contributed by atoms with Gasteiger partial charge in [-0.05, 0) is 37.1 Å². The molecule has 2 saturated heterocycles. The molecule has 3 aromatic rings. The van der Waals surface area contributed by atoms with Crippen molar-refractivity contribution in [2.75, 3.05) is 42.1 Å². The van der Waals surface area contributed by atoms with Crippen LogP contribution >= 0.6 is 0 Å². The summed E-state index contributed by atoms with van der Waals surface area (Å²) in [5, 5.41) is 7.16. The highest BCUT2D eigenvalue weighted by Crippen LogP contribution is 2.40. The first-order valence-electron chi connectivity index (χ1n) is 11.1. The van der Waals surface area contributed by atoms with Crippen molar-refractivity contribution in [1.29, 1.82) is 0 Å². The first kappa shape index (κ1) is 21.0. The molecule has 1 unspecified atom stereocenters. The zero-order valence-corrected chi connectivity index (χ0v) is 18.6. The van der Waals surface area contributed by atoms with Crippen LogP contribution in [-0.2, 0) is 4.79 Å². The minimum atomic E-state index is -0.315. The minimum absolute atomic E-state index is 0.146. The lowest BCUT2D eigenvalue weighted by molar-refractivity contribution is -0.128. The van der Waals surface area contributed by atoms with Gasteiger partial charge in [0.15, 0.2) is 5.82 Å². The number of nitrogens with zero attached hydrogens (tertiary/aromatic N) is 5. The van der Waals surface area contributed by atoms with E-state index in [1.165, 1.54) is 0 Å². The molecule has 0 aliphatic carbocycles. The van der Waals surface area contributed by atoms with E-state index < -0.39 is 0 Å². The van der Waals surface area contributed by atoms with Crippen LogP contribution in [0.1, 0.15) is 30.1 Å². The highest BCUT2D eigenvalue weighted by Gasteiger charge is 2.44. The Hall–Kier alpha value is -3.88. The van der Waals surface area contributed by atoms with E-state index in [9.17, 15) is 9.59 Å². The second-order valence-electron chi connectivity index (χ2n) is 8.93. The number of rotatable bonds is 4. The van der Waals surface area contributed by atoms with Crippen molar-refractivity contribution in [3.8, 4) is 5.69 Å². The molecule has 2 aliphatic rings. The van der Waals surface area contributed by atoms with Gasteiger partial charge in [-0.3, -0.25) is 9.59 Å². The van der Waals surface area contributed by atoms with Crippen LogP contribution in [-0.4, -0.2) is 57.7 Å². The number of nitrogens with two attached hydrogens (primary N) is 1. The number of carbonyl (C=O) groups is 2. The summed E-state index contributed by atoms with van der Waals surface area (Å²) in [5.41, 5.74) is 7.88. The maximum absolute atomic E-state index is 12.7. The third-order valence-electron chi connectivity index (χ3n) is 6.65. The lowest BCUT2D eigenvalue weighted by atomic mass is 9.86. The lowest BCUT2D eigenvalue weighted by Crippen LogP contribution is -2.33. The molecule has 0 radical (unpaired) electrons. The number of carbonyl (C=O) groups excluding carboxylic acids is 2. The van der Waals surface area contributed by atoms with E-state index in [-0.39, 0.29) is 17.2 Å². The fourth-order valence-corrected chi connectivity index (χ4v) is 4.75. The average Bonchev–Trinajstić information content (AvgIpc) is 3.54. The molecule has 9 heteroatoms. The first-order valence-corrected chi connectivity index (χ1v) is 11.1. The molecule has 33 heavy (non-hydrogen) atoms. The van der Waals surface area contributed by atoms with Gasteiger partial charge in [-0.2, -0.15) is 0 Å². The molecule has 2 aromatic heterocycles. The molecule has 170 valence electrons. The number of nitrogens with one attached hydrogen (secondary N) is 1. The second kappa shape index (κ2) is 8.23. The van der Waals surface area contributed by atoms with Crippen LogP contribution in [0.3, 0.4) is 0 Å². The van der Waals surface area contributed by atoms with Gasteiger partial charge < -0.3 is 20.9 Å². The standard InChI is InChI=1S/C24H27N7O2/c1-17(32)29-11-9-24(15-29)10-12-30(16-24)21-8-7-18(13-26-21)23(33)27-22-20(25)14-31(28-22)19-5-3-2-4-6-19/h2-8,13-14H,9-12,15-16,25H2,1H3,(H,27,28,33). The van der Waals surface area contributed by atoms with E-state index in [1.54, 1.807) is 30.1 Å². The largest absolute Gasteiger partial charge is 0.394 e. The number of pyridine rings is 1. The molecule has 1 spiro atoms. The molecule has 2 aliphatic heterocycles. The van der Waals surface area contributed by atoms with Crippen molar-refractivity contribution in [1.82, 2.24) is 19.7 Å². The number of hydrogen-bond donors (Lipinski definition) is 2. The van der Waals surface area contributed by atoms with Gasteiger partial charge in [0.25, 0.3) is 5.91 Å². The Morgan fingerprint density at radius 3 is 2.55 bits per heavy atom. The molecule has 4 heterocycles. The summed E-state index contributed by atoms with van der Waals surface area (Å²) in [4.78, 5) is 33.2. The van der Waals surface area contributed by atoms with Crippen LogP contribution in [0.15, 0.2) is 54.9 Å². The Bertz CT molecular complexity index is 1180. The topological polar surface area (TPSA) is 109 Å². The number of benzene rings is 1. The average molecular weight is 446 g/mol. The van der Waals surface area contributed by atoms with Crippen molar-refractivity contribution < 1.29 is 9.59 Å². The van der Waals surface area contributed by atoms with Crippen molar-refractivity contribution in [3.63, 3.8) is 0 Å². The minimum Gasteiger partial charge on any atom is -0.394 e. The maximum atomic E-state index is 12.7. The summed E-state index contributed by atoms with van der Waals surface area (Å²) in [6, 6.07) is 13.2. The van der Waals surface area contributed by atoms with Crippen LogP contribution < -0.4 is 16.0 Å². The predicted octanol–water partition coefficient (Wildman–Crippen LogP) is 2.55.